The molecular weight excluding hydrogens is 148 g/mol. The maximum atomic E-state index is 5.44. The van der Waals surface area contributed by atoms with Crippen LogP contribution in [0.3, 0.4) is 0 Å². The summed E-state index contributed by atoms with van der Waals surface area (Å²) >= 11 is 4.22. The Hall–Kier alpha value is 0.270. The van der Waals surface area contributed by atoms with Gasteiger partial charge in [0.15, 0.2) is 6.29 Å². The third-order valence-corrected chi connectivity index (χ3v) is 2.00. The lowest BCUT2D eigenvalue weighted by Crippen LogP contribution is -2.19. The summed E-state index contributed by atoms with van der Waals surface area (Å²) in [5.41, 5.74) is 0. The Morgan fingerprint density at radius 3 is 1.80 bits per heavy atom. The molecule has 0 unspecified atom stereocenters. The van der Waals surface area contributed by atoms with Gasteiger partial charge in [-0.2, -0.15) is 12.6 Å². The van der Waals surface area contributed by atoms with Gasteiger partial charge in [-0.15, -0.1) is 0 Å². The number of thiol groups is 1. The van der Waals surface area contributed by atoms with Crippen molar-refractivity contribution in [2.45, 2.75) is 44.5 Å². The van der Waals surface area contributed by atoms with Gasteiger partial charge in [-0.25, -0.2) is 0 Å². The van der Waals surface area contributed by atoms with Gasteiger partial charge in [-0.3, -0.25) is 0 Å². The molecule has 0 aromatic heterocycles. The second-order valence-electron chi connectivity index (χ2n) is 2.79. The Morgan fingerprint density at radius 1 is 1.20 bits per heavy atom. The van der Waals surface area contributed by atoms with Crippen molar-refractivity contribution in [3.05, 3.63) is 0 Å². The summed E-state index contributed by atoms with van der Waals surface area (Å²) in [4.78, 5) is 0. The molecule has 1 heterocycles. The zero-order valence-electron chi connectivity index (χ0n) is 6.57. The molecule has 1 rings (SSSR count). The van der Waals surface area contributed by atoms with Gasteiger partial charge in [-0.1, -0.05) is 0 Å². The molecule has 2 nitrogen and oxygen atoms in total. The molecule has 3 heteroatoms. The van der Waals surface area contributed by atoms with Crippen LogP contribution in [-0.2, 0) is 9.47 Å². The van der Waals surface area contributed by atoms with Gasteiger partial charge in [0.05, 0.1) is 17.5 Å². The van der Waals surface area contributed by atoms with E-state index < -0.39 is 0 Å². The van der Waals surface area contributed by atoms with Gasteiger partial charge in [0.25, 0.3) is 0 Å². The third-order valence-electron chi connectivity index (χ3n) is 1.75. The Bertz CT molecular complexity index is 106. The number of rotatable bonds is 1. The van der Waals surface area contributed by atoms with Crippen LogP contribution in [-0.4, -0.2) is 23.7 Å². The molecule has 0 saturated carbocycles. The molecule has 1 fully saturated rings. The van der Waals surface area contributed by atoms with Crippen molar-refractivity contribution >= 4 is 12.6 Å². The van der Waals surface area contributed by atoms with E-state index in [1.807, 2.05) is 20.8 Å². The maximum Gasteiger partial charge on any atom is 0.169 e. The predicted molar refractivity (Wildman–Crippen MR) is 43.3 cm³/mol. The van der Waals surface area contributed by atoms with Crippen molar-refractivity contribution < 1.29 is 9.47 Å². The molecule has 0 aliphatic carbocycles. The molecule has 10 heavy (non-hydrogen) atoms. The molecule has 0 aromatic carbocycles. The van der Waals surface area contributed by atoms with Gasteiger partial charge in [-0.05, 0) is 20.8 Å². The van der Waals surface area contributed by atoms with Crippen molar-refractivity contribution in [2.24, 2.45) is 0 Å². The van der Waals surface area contributed by atoms with Crippen LogP contribution in [0.4, 0.5) is 0 Å². The Labute approximate surface area is 67.3 Å². The van der Waals surface area contributed by atoms with Crippen LogP contribution >= 0.6 is 12.6 Å². The molecule has 0 aromatic rings. The highest BCUT2D eigenvalue weighted by molar-refractivity contribution is 7.81. The number of hydrogen-bond donors (Lipinski definition) is 1. The van der Waals surface area contributed by atoms with E-state index in [-0.39, 0.29) is 23.7 Å². The molecule has 1 aliphatic heterocycles. The first kappa shape index (κ1) is 8.37. The second-order valence-corrected chi connectivity index (χ2v) is 3.61. The van der Waals surface area contributed by atoms with Gasteiger partial charge in [0, 0.05) is 0 Å². The summed E-state index contributed by atoms with van der Waals surface area (Å²) < 4.78 is 10.9. The van der Waals surface area contributed by atoms with Crippen molar-refractivity contribution in [2.75, 3.05) is 0 Å². The van der Waals surface area contributed by atoms with E-state index in [2.05, 4.69) is 12.6 Å². The lowest BCUT2D eigenvalue weighted by molar-refractivity contribution is -0.0589. The number of hydrogen-bond acceptors (Lipinski definition) is 3. The van der Waals surface area contributed by atoms with E-state index in [1.165, 1.54) is 0 Å². The van der Waals surface area contributed by atoms with Crippen LogP contribution in [0.25, 0.3) is 0 Å². The fourth-order valence-corrected chi connectivity index (χ4v) is 1.04. The quantitative estimate of drug-likeness (QED) is 0.588. The van der Waals surface area contributed by atoms with Gasteiger partial charge < -0.3 is 9.47 Å². The molecule has 0 N–H and O–H groups in total. The summed E-state index contributed by atoms with van der Waals surface area (Å²) in [5, 5.41) is 0.160. The summed E-state index contributed by atoms with van der Waals surface area (Å²) in [7, 11) is 0. The summed E-state index contributed by atoms with van der Waals surface area (Å²) in [5.74, 6) is 0. The van der Waals surface area contributed by atoms with Crippen molar-refractivity contribution in [1.29, 1.82) is 0 Å². The third kappa shape index (κ3) is 1.65. The van der Waals surface area contributed by atoms with E-state index in [0.29, 0.717) is 0 Å². The largest absolute Gasteiger partial charge is 0.346 e. The highest BCUT2D eigenvalue weighted by atomic mass is 32.1. The summed E-state index contributed by atoms with van der Waals surface area (Å²) in [6, 6.07) is 0. The zero-order valence-corrected chi connectivity index (χ0v) is 7.47. The lowest BCUT2D eigenvalue weighted by Gasteiger charge is -2.11. The topological polar surface area (TPSA) is 18.5 Å². The van der Waals surface area contributed by atoms with E-state index in [4.69, 9.17) is 9.47 Å². The maximum absolute atomic E-state index is 5.44. The van der Waals surface area contributed by atoms with E-state index in [0.717, 1.165) is 0 Å². The highest BCUT2D eigenvalue weighted by Gasteiger charge is 2.31. The molecule has 0 spiro atoms. The van der Waals surface area contributed by atoms with Gasteiger partial charge in [0.1, 0.15) is 0 Å². The fourth-order valence-electron chi connectivity index (χ4n) is 0.904. The van der Waals surface area contributed by atoms with Gasteiger partial charge in [0.2, 0.25) is 0 Å². The van der Waals surface area contributed by atoms with E-state index in [1.54, 1.807) is 0 Å². The van der Waals surface area contributed by atoms with E-state index >= 15 is 0 Å². The number of ether oxygens (including phenoxy) is 2. The smallest absolute Gasteiger partial charge is 0.169 e. The average Bonchev–Trinajstić information content (AvgIpc) is 2.13. The zero-order chi connectivity index (χ0) is 7.72. The first-order chi connectivity index (χ1) is 4.61. The van der Waals surface area contributed by atoms with Crippen LogP contribution in [0.5, 0.6) is 0 Å². The summed E-state index contributed by atoms with van der Waals surface area (Å²) in [6.45, 7) is 6.00. The standard InChI is InChI=1S/C7H14O2S/c1-4-5(2)9-7(8-4)6(3)10/h4-7,10H,1-3H3/t4-,5-,6+/m0/s1. The van der Waals surface area contributed by atoms with Crippen molar-refractivity contribution in [3.63, 3.8) is 0 Å². The minimum atomic E-state index is -0.117. The van der Waals surface area contributed by atoms with Crippen molar-refractivity contribution in [3.8, 4) is 0 Å². The van der Waals surface area contributed by atoms with Crippen LogP contribution in [0.2, 0.25) is 0 Å². The van der Waals surface area contributed by atoms with Crippen molar-refractivity contribution in [1.82, 2.24) is 0 Å². The van der Waals surface area contributed by atoms with Gasteiger partial charge >= 0.3 is 0 Å². The summed E-state index contributed by atoms with van der Waals surface area (Å²) in [6.07, 6.45) is 0.299. The molecule has 0 bridgehead atoms. The van der Waals surface area contributed by atoms with Crippen LogP contribution in [0.1, 0.15) is 20.8 Å². The fraction of sp³-hybridized carbons (Fsp3) is 1.00. The molecule has 1 saturated heterocycles. The van der Waals surface area contributed by atoms with Crippen LogP contribution in [0, 0.1) is 0 Å². The first-order valence-electron chi connectivity index (χ1n) is 3.60. The second kappa shape index (κ2) is 3.11. The Kier molecular flexibility index (Phi) is 2.61. The molecule has 1 aliphatic rings. The molecule has 0 radical (unpaired) electrons. The SMILES string of the molecule is C[C@@H]1OC([C@@H](C)S)O[C@H]1C. The van der Waals surface area contributed by atoms with Crippen LogP contribution < -0.4 is 0 Å². The molecule has 0 amide bonds. The Balaban J connectivity index is 2.41. The van der Waals surface area contributed by atoms with Crippen LogP contribution in [0.15, 0.2) is 0 Å². The monoisotopic (exact) mass is 162 g/mol. The Morgan fingerprint density at radius 2 is 1.60 bits per heavy atom. The molecule has 3 atom stereocenters. The normalized spacial score (nSPS) is 38.4. The lowest BCUT2D eigenvalue weighted by atomic mass is 10.3. The van der Waals surface area contributed by atoms with E-state index in [9.17, 15) is 0 Å². The minimum absolute atomic E-state index is 0.117. The highest BCUT2D eigenvalue weighted by Crippen LogP contribution is 2.22. The first-order valence-corrected chi connectivity index (χ1v) is 4.12. The molecule has 60 valence electrons. The predicted octanol–water partition coefficient (Wildman–Crippen LogP) is 1.45. The minimum Gasteiger partial charge on any atom is -0.346 e. The molecular formula is C7H14O2S. The average molecular weight is 162 g/mol.